The second kappa shape index (κ2) is 5.81. The van der Waals surface area contributed by atoms with Crippen LogP contribution in [0, 0.1) is 6.92 Å². The minimum absolute atomic E-state index is 0.675. The zero-order valence-electron chi connectivity index (χ0n) is 11.4. The molecule has 1 aliphatic rings. The average molecular weight is 293 g/mol. The minimum Gasteiger partial charge on any atom is -0.361 e. The Morgan fingerprint density at radius 1 is 1.25 bits per heavy atom. The number of pyridine rings is 1. The summed E-state index contributed by atoms with van der Waals surface area (Å²) in [5, 5.41) is 4.71. The van der Waals surface area contributed by atoms with Crippen LogP contribution < -0.4 is 4.90 Å². The molecule has 0 aliphatic carbocycles. The predicted octanol–water partition coefficient (Wildman–Crippen LogP) is 2.35. The molecule has 1 fully saturated rings. The molecule has 2 aromatic rings. The van der Waals surface area contributed by atoms with Crippen molar-refractivity contribution in [3.05, 3.63) is 40.9 Å². The number of aryl methyl sites for hydroxylation is 1. The summed E-state index contributed by atoms with van der Waals surface area (Å²) in [6, 6.07) is 5.85. The maximum atomic E-state index is 5.86. The molecule has 0 aromatic carbocycles. The van der Waals surface area contributed by atoms with Gasteiger partial charge in [-0.2, -0.15) is 0 Å². The number of anilines is 1. The fourth-order valence-corrected chi connectivity index (χ4v) is 2.52. The number of hydrogen-bond acceptors (Lipinski definition) is 5. The van der Waals surface area contributed by atoms with Crippen molar-refractivity contribution in [3.63, 3.8) is 0 Å². The highest BCUT2D eigenvalue weighted by atomic mass is 35.5. The molecule has 3 rings (SSSR count). The van der Waals surface area contributed by atoms with Crippen molar-refractivity contribution in [2.45, 2.75) is 13.5 Å². The summed E-state index contributed by atoms with van der Waals surface area (Å²) >= 11 is 5.86. The molecule has 106 valence electrons. The highest BCUT2D eigenvalue weighted by Gasteiger charge is 2.18. The zero-order chi connectivity index (χ0) is 13.9. The van der Waals surface area contributed by atoms with E-state index in [4.69, 9.17) is 16.1 Å². The van der Waals surface area contributed by atoms with Crippen molar-refractivity contribution >= 4 is 17.4 Å². The van der Waals surface area contributed by atoms with E-state index in [1.807, 2.05) is 25.1 Å². The fraction of sp³-hybridized carbons (Fsp3) is 0.429. The van der Waals surface area contributed by atoms with Crippen molar-refractivity contribution < 1.29 is 4.52 Å². The Kier molecular flexibility index (Phi) is 3.89. The highest BCUT2D eigenvalue weighted by molar-refractivity contribution is 6.30. The van der Waals surface area contributed by atoms with Crippen LogP contribution in [-0.4, -0.2) is 41.2 Å². The van der Waals surface area contributed by atoms with E-state index in [2.05, 4.69) is 19.9 Å². The highest BCUT2D eigenvalue weighted by Crippen LogP contribution is 2.17. The molecule has 2 aromatic heterocycles. The van der Waals surface area contributed by atoms with Crippen molar-refractivity contribution in [2.75, 3.05) is 31.1 Å². The molecule has 3 heterocycles. The Balaban J connectivity index is 1.55. The first-order chi connectivity index (χ1) is 9.70. The summed E-state index contributed by atoms with van der Waals surface area (Å²) in [5.41, 5.74) is 1.00. The second-order valence-corrected chi connectivity index (χ2v) is 5.46. The van der Waals surface area contributed by atoms with Gasteiger partial charge in [0.2, 0.25) is 0 Å². The lowest BCUT2D eigenvalue weighted by molar-refractivity contribution is 0.241. The molecule has 0 amide bonds. The van der Waals surface area contributed by atoms with Crippen LogP contribution in [0.25, 0.3) is 0 Å². The number of piperazine rings is 1. The average Bonchev–Trinajstić information content (AvgIpc) is 2.86. The van der Waals surface area contributed by atoms with Crippen LogP contribution in [0.3, 0.4) is 0 Å². The SMILES string of the molecule is Cc1cc(CN2CCN(c3ccc(Cl)cn3)CC2)no1. The molecule has 0 saturated carbocycles. The Bertz CT molecular complexity index is 561. The van der Waals surface area contributed by atoms with Gasteiger partial charge in [-0.05, 0) is 19.1 Å². The molecule has 0 N–H and O–H groups in total. The lowest BCUT2D eigenvalue weighted by Crippen LogP contribution is -2.46. The smallest absolute Gasteiger partial charge is 0.133 e. The van der Waals surface area contributed by atoms with Crippen LogP contribution in [0.2, 0.25) is 5.02 Å². The first-order valence-corrected chi connectivity index (χ1v) is 7.09. The first-order valence-electron chi connectivity index (χ1n) is 6.72. The molecule has 0 spiro atoms. The van der Waals surface area contributed by atoms with Crippen LogP contribution in [0.15, 0.2) is 28.9 Å². The summed E-state index contributed by atoms with van der Waals surface area (Å²) < 4.78 is 5.10. The summed E-state index contributed by atoms with van der Waals surface area (Å²) in [4.78, 5) is 9.02. The minimum atomic E-state index is 0.675. The number of rotatable bonds is 3. The molecular formula is C14H17ClN4O. The van der Waals surface area contributed by atoms with Crippen molar-refractivity contribution in [2.24, 2.45) is 0 Å². The fourth-order valence-electron chi connectivity index (χ4n) is 2.41. The van der Waals surface area contributed by atoms with Gasteiger partial charge in [-0.3, -0.25) is 4.90 Å². The van der Waals surface area contributed by atoms with Crippen LogP contribution in [0.5, 0.6) is 0 Å². The van der Waals surface area contributed by atoms with E-state index in [1.54, 1.807) is 6.20 Å². The Morgan fingerprint density at radius 3 is 2.65 bits per heavy atom. The topological polar surface area (TPSA) is 45.4 Å². The van der Waals surface area contributed by atoms with Crippen molar-refractivity contribution in [3.8, 4) is 0 Å². The van der Waals surface area contributed by atoms with Gasteiger partial charge in [0.15, 0.2) is 0 Å². The Labute approximate surface area is 123 Å². The van der Waals surface area contributed by atoms with Gasteiger partial charge in [0.1, 0.15) is 11.6 Å². The van der Waals surface area contributed by atoms with Crippen LogP contribution in [-0.2, 0) is 6.54 Å². The van der Waals surface area contributed by atoms with Gasteiger partial charge in [0.25, 0.3) is 0 Å². The molecule has 20 heavy (non-hydrogen) atoms. The number of nitrogens with zero attached hydrogens (tertiary/aromatic N) is 4. The number of hydrogen-bond donors (Lipinski definition) is 0. The third-order valence-electron chi connectivity index (χ3n) is 3.47. The van der Waals surface area contributed by atoms with E-state index < -0.39 is 0 Å². The zero-order valence-corrected chi connectivity index (χ0v) is 12.2. The van der Waals surface area contributed by atoms with Crippen molar-refractivity contribution in [1.29, 1.82) is 0 Å². The third kappa shape index (κ3) is 3.11. The standard InChI is InChI=1S/C14H17ClN4O/c1-11-8-13(17-20-11)10-18-4-6-19(7-5-18)14-3-2-12(15)9-16-14/h2-3,8-9H,4-7,10H2,1H3. The monoisotopic (exact) mass is 292 g/mol. The molecule has 0 radical (unpaired) electrons. The number of aromatic nitrogens is 2. The van der Waals surface area contributed by atoms with Gasteiger partial charge in [-0.25, -0.2) is 4.98 Å². The quantitative estimate of drug-likeness (QED) is 0.869. The molecular weight excluding hydrogens is 276 g/mol. The molecule has 1 saturated heterocycles. The molecule has 1 aliphatic heterocycles. The van der Waals surface area contributed by atoms with Crippen LogP contribution in [0.4, 0.5) is 5.82 Å². The van der Waals surface area contributed by atoms with Gasteiger partial charge in [-0.15, -0.1) is 0 Å². The second-order valence-electron chi connectivity index (χ2n) is 5.03. The van der Waals surface area contributed by atoms with Crippen LogP contribution in [0.1, 0.15) is 11.5 Å². The maximum Gasteiger partial charge on any atom is 0.133 e. The van der Waals surface area contributed by atoms with Gasteiger partial charge < -0.3 is 9.42 Å². The van der Waals surface area contributed by atoms with E-state index in [0.717, 1.165) is 50.0 Å². The normalized spacial score (nSPS) is 16.6. The molecule has 6 heteroatoms. The van der Waals surface area contributed by atoms with Crippen LogP contribution >= 0.6 is 11.6 Å². The van der Waals surface area contributed by atoms with E-state index in [0.29, 0.717) is 5.02 Å². The van der Waals surface area contributed by atoms with Gasteiger partial charge in [-0.1, -0.05) is 16.8 Å². The lowest BCUT2D eigenvalue weighted by atomic mass is 10.2. The predicted molar refractivity (Wildman–Crippen MR) is 78.0 cm³/mol. The molecule has 0 bridgehead atoms. The van der Waals surface area contributed by atoms with E-state index in [1.165, 1.54) is 0 Å². The molecule has 5 nitrogen and oxygen atoms in total. The third-order valence-corrected chi connectivity index (χ3v) is 3.69. The van der Waals surface area contributed by atoms with Crippen molar-refractivity contribution in [1.82, 2.24) is 15.0 Å². The van der Waals surface area contributed by atoms with E-state index in [-0.39, 0.29) is 0 Å². The van der Waals surface area contributed by atoms with E-state index >= 15 is 0 Å². The molecule has 0 atom stereocenters. The van der Waals surface area contributed by atoms with E-state index in [9.17, 15) is 0 Å². The maximum absolute atomic E-state index is 5.86. The Hall–Kier alpha value is -1.59. The Morgan fingerprint density at radius 2 is 2.05 bits per heavy atom. The van der Waals surface area contributed by atoms with Gasteiger partial charge in [0, 0.05) is 45.0 Å². The summed E-state index contributed by atoms with van der Waals surface area (Å²) in [6.07, 6.45) is 1.70. The largest absolute Gasteiger partial charge is 0.361 e. The number of halogens is 1. The van der Waals surface area contributed by atoms with Gasteiger partial charge >= 0.3 is 0 Å². The van der Waals surface area contributed by atoms with Gasteiger partial charge in [0.05, 0.1) is 10.7 Å². The summed E-state index contributed by atoms with van der Waals surface area (Å²) in [5.74, 6) is 1.86. The lowest BCUT2D eigenvalue weighted by Gasteiger charge is -2.34. The summed E-state index contributed by atoms with van der Waals surface area (Å²) in [7, 11) is 0. The first kappa shape index (κ1) is 13.4. The molecule has 0 unspecified atom stereocenters. The summed E-state index contributed by atoms with van der Waals surface area (Å²) in [6.45, 7) is 6.68.